The molecule has 4 rings (SSSR count). The van der Waals surface area contributed by atoms with Gasteiger partial charge in [0.25, 0.3) is 0 Å². The molecule has 0 radical (unpaired) electrons. The van der Waals surface area contributed by atoms with Gasteiger partial charge in [0.1, 0.15) is 18.7 Å². The fourth-order valence-electron chi connectivity index (χ4n) is 3.27. The molecule has 1 unspecified atom stereocenters. The normalized spacial score (nSPS) is 25.9. The maximum atomic E-state index is 12.2. The Labute approximate surface area is 156 Å². The number of nitrogens with zero attached hydrogens (tertiary/aromatic N) is 5. The van der Waals surface area contributed by atoms with Gasteiger partial charge in [-0.05, 0) is 10.4 Å². The van der Waals surface area contributed by atoms with Crippen LogP contribution < -0.4 is 10.6 Å². The number of ether oxygens (including phenoxy) is 2. The molecule has 0 spiro atoms. The lowest BCUT2D eigenvalue weighted by Gasteiger charge is -2.47. The summed E-state index contributed by atoms with van der Waals surface area (Å²) < 4.78 is 11.9. The molecule has 1 aromatic rings. The highest BCUT2D eigenvalue weighted by atomic mass is 32.2. The molecule has 14 heteroatoms. The SMILES string of the molecule is CNC(=O)Cn1nnnc1SCC1=C(OC(=O)O)N2C(=O)[C@H]3NCOC1[C@H]32. The summed E-state index contributed by atoms with van der Waals surface area (Å²) >= 11 is 1.19. The molecule has 0 aliphatic carbocycles. The Hall–Kier alpha value is -2.71. The minimum Gasteiger partial charge on any atom is -0.449 e. The van der Waals surface area contributed by atoms with Crippen molar-refractivity contribution in [2.75, 3.05) is 19.5 Å². The third-order valence-corrected chi connectivity index (χ3v) is 5.47. The van der Waals surface area contributed by atoms with E-state index >= 15 is 0 Å². The van der Waals surface area contributed by atoms with E-state index in [1.54, 1.807) is 0 Å². The van der Waals surface area contributed by atoms with Gasteiger partial charge in [-0.2, -0.15) is 0 Å². The zero-order valence-electron chi connectivity index (χ0n) is 14.0. The van der Waals surface area contributed by atoms with Gasteiger partial charge in [-0.15, -0.1) is 5.10 Å². The first-order valence-corrected chi connectivity index (χ1v) is 8.91. The Balaban J connectivity index is 1.56. The fraction of sp³-hybridized carbons (Fsp3) is 0.538. The molecule has 3 aliphatic rings. The molecule has 0 bridgehead atoms. The third-order valence-electron chi connectivity index (χ3n) is 4.47. The third kappa shape index (κ3) is 2.90. The Morgan fingerprint density at radius 2 is 2.33 bits per heavy atom. The number of aromatic nitrogens is 4. The van der Waals surface area contributed by atoms with Crippen LogP contribution in [0.4, 0.5) is 4.79 Å². The minimum atomic E-state index is -1.51. The van der Waals surface area contributed by atoms with E-state index in [2.05, 4.69) is 26.2 Å². The standard InChI is InChI=1S/C13H15N7O6S/c1-14-6(21)2-19-12(16-17-18-19)27-3-5-9-8-7(15-4-25-9)10(22)20(8)11(5)26-13(23)24/h7-9,15H,2-4H2,1H3,(H,14,21)(H,23,24)/t7-,8-,9?/m0/s1. The molecule has 4 heterocycles. The molecule has 3 N–H and O–H groups in total. The highest BCUT2D eigenvalue weighted by Gasteiger charge is 2.62. The largest absolute Gasteiger partial charge is 0.512 e. The number of nitrogens with one attached hydrogen (secondary N) is 2. The van der Waals surface area contributed by atoms with Gasteiger partial charge in [0, 0.05) is 18.4 Å². The van der Waals surface area contributed by atoms with Crippen molar-refractivity contribution in [1.29, 1.82) is 0 Å². The molecular formula is C13H15N7O6S. The van der Waals surface area contributed by atoms with E-state index in [0.29, 0.717) is 10.7 Å². The van der Waals surface area contributed by atoms with Gasteiger partial charge < -0.3 is 19.9 Å². The second-order valence-corrected chi connectivity index (χ2v) is 6.83. The zero-order chi connectivity index (χ0) is 19.1. The monoisotopic (exact) mass is 397 g/mol. The number of rotatable bonds is 6. The van der Waals surface area contributed by atoms with E-state index < -0.39 is 18.3 Å². The van der Waals surface area contributed by atoms with Gasteiger partial charge in [-0.3, -0.25) is 19.8 Å². The number of carbonyl (C=O) groups excluding carboxylic acids is 2. The Kier molecular flexibility index (Phi) is 4.45. The van der Waals surface area contributed by atoms with Gasteiger partial charge in [-0.1, -0.05) is 11.8 Å². The quantitative estimate of drug-likeness (QED) is 0.275. The number of likely N-dealkylation sites (N-methyl/N-ethyl adjacent to an activating group) is 1. The van der Waals surface area contributed by atoms with Crippen LogP contribution >= 0.6 is 11.8 Å². The fourth-order valence-corrected chi connectivity index (χ4v) is 4.19. The maximum Gasteiger partial charge on any atom is 0.512 e. The number of amides is 2. The van der Waals surface area contributed by atoms with Crippen LogP contribution in [0.15, 0.2) is 16.6 Å². The Morgan fingerprint density at radius 3 is 3.07 bits per heavy atom. The van der Waals surface area contributed by atoms with Crippen LogP contribution in [0.25, 0.3) is 0 Å². The number of thioether (sulfide) groups is 1. The van der Waals surface area contributed by atoms with Crippen molar-refractivity contribution in [2.45, 2.75) is 29.9 Å². The van der Waals surface area contributed by atoms with Gasteiger partial charge >= 0.3 is 6.16 Å². The van der Waals surface area contributed by atoms with Crippen LogP contribution in [0.1, 0.15) is 0 Å². The van der Waals surface area contributed by atoms with E-state index in [-0.39, 0.29) is 42.8 Å². The predicted octanol–water partition coefficient (Wildman–Crippen LogP) is -2.04. The number of tetrazole rings is 1. The van der Waals surface area contributed by atoms with Crippen LogP contribution in [0.2, 0.25) is 0 Å². The van der Waals surface area contributed by atoms with E-state index in [1.165, 1.54) is 28.4 Å². The smallest absolute Gasteiger partial charge is 0.449 e. The van der Waals surface area contributed by atoms with E-state index in [1.807, 2.05) is 0 Å². The summed E-state index contributed by atoms with van der Waals surface area (Å²) in [4.78, 5) is 36.2. The van der Waals surface area contributed by atoms with Gasteiger partial charge in [0.15, 0.2) is 0 Å². The second-order valence-electron chi connectivity index (χ2n) is 5.89. The summed E-state index contributed by atoms with van der Waals surface area (Å²) in [6.45, 7) is 0.122. The molecule has 2 amide bonds. The van der Waals surface area contributed by atoms with E-state index in [0.717, 1.165) is 0 Å². The Morgan fingerprint density at radius 1 is 1.52 bits per heavy atom. The summed E-state index contributed by atoms with van der Waals surface area (Å²) in [5.41, 5.74) is 0.527. The summed E-state index contributed by atoms with van der Waals surface area (Å²) in [6.07, 6.45) is -1.99. The van der Waals surface area contributed by atoms with E-state index in [9.17, 15) is 14.4 Å². The summed E-state index contributed by atoms with van der Waals surface area (Å²) in [5, 5.41) is 26.0. The number of β-lactam (4-membered cyclic amide) rings is 1. The summed E-state index contributed by atoms with van der Waals surface area (Å²) in [6, 6.07) is -0.754. The summed E-state index contributed by atoms with van der Waals surface area (Å²) in [7, 11) is 1.50. The van der Waals surface area contributed by atoms with Crippen molar-refractivity contribution in [2.24, 2.45) is 0 Å². The number of hydrogen-bond donors (Lipinski definition) is 3. The number of carbonyl (C=O) groups is 3. The molecule has 27 heavy (non-hydrogen) atoms. The molecule has 2 fully saturated rings. The number of carboxylic acid groups (broad SMARTS) is 1. The first kappa shape index (κ1) is 17.7. The molecular weight excluding hydrogens is 382 g/mol. The van der Waals surface area contributed by atoms with Crippen LogP contribution in [0.5, 0.6) is 0 Å². The van der Waals surface area contributed by atoms with Crippen molar-refractivity contribution >= 4 is 29.7 Å². The molecule has 13 nitrogen and oxygen atoms in total. The molecule has 1 aromatic heterocycles. The first-order chi connectivity index (χ1) is 13.0. The highest BCUT2D eigenvalue weighted by Crippen LogP contribution is 2.43. The zero-order valence-corrected chi connectivity index (χ0v) is 14.8. The van der Waals surface area contributed by atoms with Crippen LogP contribution in [0, 0.1) is 0 Å². The average Bonchev–Trinajstić information content (AvgIpc) is 3.19. The molecule has 3 aliphatic heterocycles. The lowest BCUT2D eigenvalue weighted by atomic mass is 9.91. The Bertz CT molecular complexity index is 841. The van der Waals surface area contributed by atoms with Crippen LogP contribution in [-0.4, -0.2) is 85.9 Å². The highest BCUT2D eigenvalue weighted by molar-refractivity contribution is 7.99. The van der Waals surface area contributed by atoms with Gasteiger partial charge in [-0.25, -0.2) is 9.48 Å². The molecule has 3 atom stereocenters. The number of hydrogen-bond acceptors (Lipinski definition) is 10. The van der Waals surface area contributed by atoms with Crippen molar-refractivity contribution < 1.29 is 29.0 Å². The molecule has 0 saturated carbocycles. The van der Waals surface area contributed by atoms with E-state index in [4.69, 9.17) is 14.6 Å². The average molecular weight is 397 g/mol. The van der Waals surface area contributed by atoms with Crippen LogP contribution in [0.3, 0.4) is 0 Å². The molecule has 144 valence electrons. The second kappa shape index (κ2) is 6.79. The molecule has 2 saturated heterocycles. The first-order valence-electron chi connectivity index (χ1n) is 7.92. The van der Waals surface area contributed by atoms with Crippen molar-refractivity contribution in [3.63, 3.8) is 0 Å². The minimum absolute atomic E-state index is 0.0275. The van der Waals surface area contributed by atoms with Gasteiger partial charge in [0.2, 0.25) is 22.9 Å². The predicted molar refractivity (Wildman–Crippen MR) is 86.0 cm³/mol. The van der Waals surface area contributed by atoms with Crippen molar-refractivity contribution in [1.82, 2.24) is 35.7 Å². The summed E-state index contributed by atoms with van der Waals surface area (Å²) in [5.74, 6) is -0.318. The maximum absolute atomic E-state index is 12.2. The van der Waals surface area contributed by atoms with Gasteiger partial charge in [0.05, 0.1) is 12.8 Å². The lowest BCUT2D eigenvalue weighted by Crippen LogP contribution is -2.73. The lowest BCUT2D eigenvalue weighted by molar-refractivity contribution is -0.164. The topological polar surface area (TPSA) is 161 Å². The molecule has 0 aromatic carbocycles. The van der Waals surface area contributed by atoms with Crippen LogP contribution in [-0.2, 0) is 25.6 Å². The van der Waals surface area contributed by atoms with Crippen molar-refractivity contribution in [3.05, 3.63) is 11.5 Å². The van der Waals surface area contributed by atoms with Crippen molar-refractivity contribution in [3.8, 4) is 0 Å².